The molecule has 2 N–H and O–H groups in total. The van der Waals surface area contributed by atoms with E-state index >= 15 is 0 Å². The van der Waals surface area contributed by atoms with Crippen molar-refractivity contribution in [3.05, 3.63) is 95.0 Å². The van der Waals surface area contributed by atoms with Crippen molar-refractivity contribution in [3.8, 4) is 5.75 Å². The number of piperidine rings is 1. The number of alkyl halides is 3. The molecule has 4 rings (SSSR count). The summed E-state index contributed by atoms with van der Waals surface area (Å²) in [5.74, 6) is 0.192. The minimum absolute atomic E-state index is 0.0571. The second kappa shape index (κ2) is 12.3. The molecule has 0 radical (unpaired) electrons. The Hall–Kier alpha value is -3.23. The highest BCUT2D eigenvalue weighted by Gasteiger charge is 2.31. The molecule has 0 spiro atoms. The highest BCUT2D eigenvalue weighted by atomic mass is 35.5. The number of halogens is 4. The Labute approximate surface area is 219 Å². The topological polar surface area (TPSA) is 53.6 Å². The average Bonchev–Trinajstić information content (AvgIpc) is 2.87. The molecule has 0 bridgehead atoms. The van der Waals surface area contributed by atoms with Crippen molar-refractivity contribution in [1.29, 1.82) is 0 Å². The lowest BCUT2D eigenvalue weighted by molar-refractivity contribution is -0.137. The van der Waals surface area contributed by atoms with Crippen molar-refractivity contribution >= 4 is 23.3 Å². The van der Waals surface area contributed by atoms with Gasteiger partial charge in [0.05, 0.1) is 5.56 Å². The molecule has 1 heterocycles. The number of carbonyl (C=O) groups excluding carboxylic acids is 1. The van der Waals surface area contributed by atoms with Gasteiger partial charge in [0.15, 0.2) is 0 Å². The van der Waals surface area contributed by atoms with E-state index in [2.05, 4.69) is 15.5 Å². The van der Waals surface area contributed by atoms with Crippen LogP contribution in [-0.4, -0.2) is 36.6 Å². The molecule has 3 aromatic carbocycles. The number of anilines is 1. The zero-order valence-corrected chi connectivity index (χ0v) is 20.9. The van der Waals surface area contributed by atoms with E-state index in [1.165, 1.54) is 6.07 Å². The van der Waals surface area contributed by atoms with Crippen LogP contribution in [0.3, 0.4) is 0 Å². The van der Waals surface area contributed by atoms with E-state index in [1.807, 2.05) is 30.3 Å². The largest absolute Gasteiger partial charge is 0.486 e. The highest BCUT2D eigenvalue weighted by molar-refractivity contribution is 6.30. The van der Waals surface area contributed by atoms with Gasteiger partial charge in [-0.25, -0.2) is 4.79 Å². The summed E-state index contributed by atoms with van der Waals surface area (Å²) >= 11 is 5.97. The number of hydrogen-bond acceptors (Lipinski definition) is 3. The van der Waals surface area contributed by atoms with Crippen LogP contribution in [0.4, 0.5) is 23.7 Å². The van der Waals surface area contributed by atoms with Crippen molar-refractivity contribution in [1.82, 2.24) is 10.2 Å². The number of carbonyl (C=O) groups is 1. The number of likely N-dealkylation sites (tertiary alicyclic amines) is 1. The Morgan fingerprint density at radius 1 is 1.00 bits per heavy atom. The fourth-order valence-corrected chi connectivity index (χ4v) is 4.58. The Balaban J connectivity index is 1.29. The molecule has 0 aromatic heterocycles. The van der Waals surface area contributed by atoms with E-state index in [4.69, 9.17) is 16.3 Å². The molecule has 37 heavy (non-hydrogen) atoms. The monoisotopic (exact) mass is 531 g/mol. The Bertz CT molecular complexity index is 1170. The van der Waals surface area contributed by atoms with Crippen molar-refractivity contribution in [2.45, 2.75) is 37.6 Å². The fraction of sp³-hybridized carbons (Fsp3) is 0.321. The van der Waals surface area contributed by atoms with Crippen molar-refractivity contribution in [3.63, 3.8) is 0 Å². The van der Waals surface area contributed by atoms with Gasteiger partial charge in [-0.3, -0.25) is 0 Å². The fourth-order valence-electron chi connectivity index (χ4n) is 4.39. The van der Waals surface area contributed by atoms with Crippen LogP contribution in [0, 0.1) is 0 Å². The number of hydrogen-bond donors (Lipinski definition) is 2. The summed E-state index contributed by atoms with van der Waals surface area (Å²) in [4.78, 5) is 14.6. The second-order valence-corrected chi connectivity index (χ2v) is 9.49. The predicted octanol–water partition coefficient (Wildman–Crippen LogP) is 7.16. The second-order valence-electron chi connectivity index (χ2n) is 9.06. The van der Waals surface area contributed by atoms with Crippen molar-refractivity contribution in [2.75, 3.05) is 25.0 Å². The third-order valence-corrected chi connectivity index (χ3v) is 6.56. The van der Waals surface area contributed by atoms with Gasteiger partial charge >= 0.3 is 12.2 Å². The van der Waals surface area contributed by atoms with Gasteiger partial charge < -0.3 is 20.3 Å². The maximum Gasteiger partial charge on any atom is 0.416 e. The Kier molecular flexibility index (Phi) is 8.95. The molecule has 1 aliphatic rings. The molecule has 0 saturated carbocycles. The Morgan fingerprint density at radius 3 is 2.43 bits per heavy atom. The molecule has 1 fully saturated rings. The summed E-state index contributed by atoms with van der Waals surface area (Å²) < 4.78 is 45.5. The van der Waals surface area contributed by atoms with Crippen LogP contribution in [0.2, 0.25) is 5.02 Å². The lowest BCUT2D eigenvalue weighted by Crippen LogP contribution is -2.46. The maximum atomic E-state index is 13.2. The minimum Gasteiger partial charge on any atom is -0.486 e. The van der Waals surface area contributed by atoms with E-state index in [0.717, 1.165) is 50.2 Å². The average molecular weight is 532 g/mol. The molecule has 1 atom stereocenters. The lowest BCUT2D eigenvalue weighted by atomic mass is 10.0. The van der Waals surface area contributed by atoms with E-state index < -0.39 is 11.7 Å². The lowest BCUT2D eigenvalue weighted by Gasteiger charge is -2.33. The molecular weight excluding hydrogens is 503 g/mol. The van der Waals surface area contributed by atoms with Gasteiger partial charge in [-0.05, 0) is 54.8 Å². The number of benzene rings is 3. The number of ether oxygens (including phenoxy) is 1. The molecular formula is C28H29ClF3N3O2. The summed E-state index contributed by atoms with van der Waals surface area (Å²) in [6.07, 6.45) is -2.59. The van der Waals surface area contributed by atoms with Gasteiger partial charge in [0.25, 0.3) is 0 Å². The van der Waals surface area contributed by atoms with Gasteiger partial charge in [0.1, 0.15) is 11.9 Å². The first-order valence-electron chi connectivity index (χ1n) is 12.2. The Morgan fingerprint density at radius 2 is 1.73 bits per heavy atom. The van der Waals surface area contributed by atoms with Crippen LogP contribution in [0.5, 0.6) is 5.75 Å². The van der Waals surface area contributed by atoms with Gasteiger partial charge in [-0.15, -0.1) is 0 Å². The van der Waals surface area contributed by atoms with Crippen LogP contribution in [0.25, 0.3) is 0 Å². The summed E-state index contributed by atoms with van der Waals surface area (Å²) in [7, 11) is 0. The number of amides is 2. The molecule has 196 valence electrons. The third-order valence-electron chi connectivity index (χ3n) is 6.32. The first kappa shape index (κ1) is 26.8. The van der Waals surface area contributed by atoms with Gasteiger partial charge in [0.2, 0.25) is 0 Å². The van der Waals surface area contributed by atoms with Crippen LogP contribution < -0.4 is 15.4 Å². The number of nitrogens with one attached hydrogen (secondary N) is 2. The van der Waals surface area contributed by atoms with Crippen LogP contribution >= 0.6 is 11.6 Å². The van der Waals surface area contributed by atoms with Gasteiger partial charge in [-0.1, -0.05) is 54.1 Å². The minimum atomic E-state index is -4.43. The van der Waals surface area contributed by atoms with E-state index in [9.17, 15) is 18.0 Å². The summed E-state index contributed by atoms with van der Waals surface area (Å²) in [6, 6.07) is 21.3. The molecule has 1 unspecified atom stereocenters. The zero-order valence-electron chi connectivity index (χ0n) is 20.2. The van der Waals surface area contributed by atoms with Crippen molar-refractivity contribution < 1.29 is 22.7 Å². The standard InChI is InChI=1S/C28H29ClF3N3O2/c29-22-9-5-10-24(19-22)34-27(36)33-23-12-15-35(16-13-23)17-14-26(20-6-2-1-3-7-20)37-25-11-4-8-21(18-25)28(30,31)32/h1-11,18-19,23,26H,12-17H2,(H2,33,34,36). The predicted molar refractivity (Wildman–Crippen MR) is 139 cm³/mol. The summed E-state index contributed by atoms with van der Waals surface area (Å²) in [6.45, 7) is 2.32. The number of urea groups is 1. The van der Waals surface area contributed by atoms with Crippen molar-refractivity contribution in [2.24, 2.45) is 0 Å². The molecule has 1 saturated heterocycles. The molecule has 0 aliphatic carbocycles. The smallest absolute Gasteiger partial charge is 0.416 e. The molecule has 3 aromatic rings. The molecule has 5 nitrogen and oxygen atoms in total. The van der Waals surface area contributed by atoms with E-state index in [1.54, 1.807) is 30.3 Å². The third kappa shape index (κ3) is 8.13. The zero-order chi connectivity index (χ0) is 26.3. The number of nitrogens with zero attached hydrogens (tertiary/aromatic N) is 1. The maximum absolute atomic E-state index is 13.2. The van der Waals surface area contributed by atoms with E-state index in [-0.39, 0.29) is 23.9 Å². The number of rotatable bonds is 8. The SMILES string of the molecule is O=C(Nc1cccc(Cl)c1)NC1CCN(CCC(Oc2cccc(C(F)(F)F)c2)c2ccccc2)CC1. The van der Waals surface area contributed by atoms with Crippen LogP contribution in [-0.2, 0) is 6.18 Å². The summed E-state index contributed by atoms with van der Waals surface area (Å²) in [5, 5.41) is 6.37. The molecule has 9 heteroatoms. The molecule has 1 aliphatic heterocycles. The van der Waals surface area contributed by atoms with E-state index in [0.29, 0.717) is 17.1 Å². The van der Waals surface area contributed by atoms with Gasteiger partial charge in [-0.2, -0.15) is 13.2 Å². The quantitative estimate of drug-likeness (QED) is 0.324. The molecule has 2 amide bonds. The highest BCUT2D eigenvalue weighted by Crippen LogP contribution is 2.33. The first-order chi connectivity index (χ1) is 17.8. The van der Waals surface area contributed by atoms with Crippen LogP contribution in [0.15, 0.2) is 78.9 Å². The van der Waals surface area contributed by atoms with Crippen LogP contribution in [0.1, 0.15) is 36.5 Å². The van der Waals surface area contributed by atoms with Gasteiger partial charge in [0, 0.05) is 42.8 Å². The normalized spacial score (nSPS) is 15.7. The summed E-state index contributed by atoms with van der Waals surface area (Å²) in [5.41, 5.74) is 0.815. The first-order valence-corrected chi connectivity index (χ1v) is 12.6.